The summed E-state index contributed by atoms with van der Waals surface area (Å²) in [4.78, 5) is 21.6. The van der Waals surface area contributed by atoms with E-state index in [-0.39, 0.29) is 10.5 Å². The summed E-state index contributed by atoms with van der Waals surface area (Å²) in [5.74, 6) is -1.03. The zero-order valence-corrected chi connectivity index (χ0v) is 11.5. The molecule has 0 aliphatic carbocycles. The Labute approximate surface area is 119 Å². The lowest BCUT2D eigenvalue weighted by molar-refractivity contribution is -0.125. The van der Waals surface area contributed by atoms with Crippen LogP contribution in [0.3, 0.4) is 0 Å². The summed E-state index contributed by atoms with van der Waals surface area (Å²) in [5, 5.41) is 9.61. The van der Waals surface area contributed by atoms with Crippen LogP contribution in [0.2, 0.25) is 0 Å². The minimum absolute atomic E-state index is 0.0967. The Bertz CT molecular complexity index is 842. The number of fused-ring (bicyclic) bond motifs is 1. The van der Waals surface area contributed by atoms with Crippen molar-refractivity contribution in [1.29, 1.82) is 0 Å². The highest BCUT2D eigenvalue weighted by Gasteiger charge is 2.18. The predicted octanol–water partition coefficient (Wildman–Crippen LogP) is -1.08. The van der Waals surface area contributed by atoms with Crippen LogP contribution in [0.5, 0.6) is 0 Å². The Morgan fingerprint density at radius 2 is 2.05 bits per heavy atom. The molecule has 8 nitrogen and oxygen atoms in total. The first-order chi connectivity index (χ1) is 9.79. The minimum atomic E-state index is -3.93. The molecule has 1 unspecified atom stereocenters. The molecule has 2 rings (SSSR count). The van der Waals surface area contributed by atoms with Gasteiger partial charge in [0.2, 0.25) is 15.9 Å². The fourth-order valence-corrected chi connectivity index (χ4v) is 2.66. The molecular formula is C12H12N2O6S. The summed E-state index contributed by atoms with van der Waals surface area (Å²) >= 11 is 0. The van der Waals surface area contributed by atoms with Crippen LogP contribution in [-0.2, 0) is 14.8 Å². The van der Waals surface area contributed by atoms with Crippen LogP contribution in [0.4, 0.5) is 0 Å². The molecule has 21 heavy (non-hydrogen) atoms. The van der Waals surface area contributed by atoms with Gasteiger partial charge in [-0.1, -0.05) is 0 Å². The van der Waals surface area contributed by atoms with E-state index in [1.165, 1.54) is 30.3 Å². The van der Waals surface area contributed by atoms with Crippen molar-refractivity contribution >= 4 is 26.9 Å². The van der Waals surface area contributed by atoms with Gasteiger partial charge in [-0.05, 0) is 24.3 Å². The number of hydrogen-bond donors (Lipinski definition) is 3. The van der Waals surface area contributed by atoms with Crippen molar-refractivity contribution in [3.63, 3.8) is 0 Å². The maximum atomic E-state index is 12.0. The second-order valence-electron chi connectivity index (χ2n) is 4.22. The minimum Gasteiger partial charge on any atom is -0.423 e. The molecule has 1 amide bonds. The molecule has 2 aromatic rings. The number of carbonyl (C=O) groups excluding carboxylic acids is 1. The van der Waals surface area contributed by atoms with Gasteiger partial charge < -0.3 is 15.3 Å². The van der Waals surface area contributed by atoms with Crippen LogP contribution in [-0.4, -0.2) is 32.1 Å². The maximum Gasteiger partial charge on any atom is 0.336 e. The molecule has 112 valence electrons. The second kappa shape index (κ2) is 5.64. The van der Waals surface area contributed by atoms with E-state index in [1.54, 1.807) is 0 Å². The van der Waals surface area contributed by atoms with Crippen molar-refractivity contribution in [3.05, 3.63) is 40.8 Å². The Morgan fingerprint density at radius 3 is 2.71 bits per heavy atom. The molecule has 0 spiro atoms. The Balaban J connectivity index is 2.30. The molecule has 9 heteroatoms. The summed E-state index contributed by atoms with van der Waals surface area (Å²) in [6, 6.07) is 6.48. The molecule has 1 heterocycles. The normalized spacial score (nSPS) is 13.2. The number of primary amides is 1. The van der Waals surface area contributed by atoms with E-state index in [0.29, 0.717) is 5.39 Å². The number of sulfonamides is 1. The number of nitrogens with two attached hydrogens (primary N) is 1. The first-order valence-corrected chi connectivity index (χ1v) is 7.29. The van der Waals surface area contributed by atoms with E-state index in [9.17, 15) is 23.1 Å². The quantitative estimate of drug-likeness (QED) is 0.600. The highest BCUT2D eigenvalue weighted by molar-refractivity contribution is 7.89. The van der Waals surface area contributed by atoms with Crippen LogP contribution in [0.25, 0.3) is 11.0 Å². The highest BCUT2D eigenvalue weighted by atomic mass is 32.2. The molecule has 0 bridgehead atoms. The Kier molecular flexibility index (Phi) is 4.07. The maximum absolute atomic E-state index is 12.0. The lowest BCUT2D eigenvalue weighted by atomic mass is 10.2. The number of rotatable bonds is 5. The van der Waals surface area contributed by atoms with Crippen LogP contribution in [0.1, 0.15) is 0 Å². The van der Waals surface area contributed by atoms with Crippen LogP contribution < -0.4 is 16.1 Å². The zero-order chi connectivity index (χ0) is 15.6. The third kappa shape index (κ3) is 3.45. The van der Waals surface area contributed by atoms with Gasteiger partial charge in [0, 0.05) is 18.0 Å². The molecule has 0 saturated heterocycles. The van der Waals surface area contributed by atoms with E-state index < -0.39 is 34.2 Å². The molecule has 0 aliphatic rings. The van der Waals surface area contributed by atoms with Crippen LogP contribution in [0.15, 0.2) is 44.4 Å². The van der Waals surface area contributed by atoms with E-state index in [0.717, 1.165) is 0 Å². The number of carbonyl (C=O) groups is 1. The average molecular weight is 312 g/mol. The predicted molar refractivity (Wildman–Crippen MR) is 72.9 cm³/mol. The second-order valence-corrected chi connectivity index (χ2v) is 5.99. The number of aliphatic hydroxyl groups is 1. The van der Waals surface area contributed by atoms with Gasteiger partial charge in [0.05, 0.1) is 4.90 Å². The molecule has 1 atom stereocenters. The van der Waals surface area contributed by atoms with Gasteiger partial charge in [0.25, 0.3) is 0 Å². The fourth-order valence-electron chi connectivity index (χ4n) is 1.59. The zero-order valence-electron chi connectivity index (χ0n) is 10.6. The molecule has 4 N–H and O–H groups in total. The van der Waals surface area contributed by atoms with Crippen LogP contribution in [0, 0.1) is 0 Å². The van der Waals surface area contributed by atoms with Crippen molar-refractivity contribution in [3.8, 4) is 0 Å². The summed E-state index contributed by atoms with van der Waals surface area (Å²) in [6.45, 7) is -0.528. The van der Waals surface area contributed by atoms with Gasteiger partial charge in [-0.15, -0.1) is 0 Å². The number of nitrogens with one attached hydrogen (secondary N) is 1. The van der Waals surface area contributed by atoms with Crippen molar-refractivity contribution in [1.82, 2.24) is 4.72 Å². The van der Waals surface area contributed by atoms with E-state index in [4.69, 9.17) is 10.2 Å². The van der Waals surface area contributed by atoms with Crippen molar-refractivity contribution in [2.75, 3.05) is 6.54 Å². The molecule has 0 saturated carbocycles. The van der Waals surface area contributed by atoms with Gasteiger partial charge in [0.15, 0.2) is 0 Å². The van der Waals surface area contributed by atoms with Crippen LogP contribution >= 0.6 is 0 Å². The Hall–Kier alpha value is -2.23. The first kappa shape index (κ1) is 15.2. The van der Waals surface area contributed by atoms with Gasteiger partial charge in [0.1, 0.15) is 11.7 Å². The third-order valence-electron chi connectivity index (χ3n) is 2.70. The van der Waals surface area contributed by atoms with Gasteiger partial charge in [-0.3, -0.25) is 4.79 Å². The molecule has 1 aromatic heterocycles. The smallest absolute Gasteiger partial charge is 0.336 e. The van der Waals surface area contributed by atoms with Crippen molar-refractivity contribution in [2.45, 2.75) is 11.0 Å². The fraction of sp³-hybridized carbons (Fsp3) is 0.167. The van der Waals surface area contributed by atoms with Gasteiger partial charge >= 0.3 is 5.63 Å². The van der Waals surface area contributed by atoms with E-state index in [2.05, 4.69) is 4.72 Å². The number of aliphatic hydroxyl groups excluding tert-OH is 1. The van der Waals surface area contributed by atoms with Gasteiger partial charge in [-0.25, -0.2) is 17.9 Å². The molecule has 0 fully saturated rings. The number of hydrogen-bond acceptors (Lipinski definition) is 6. The summed E-state index contributed by atoms with van der Waals surface area (Å²) in [5.41, 5.74) is 4.53. The number of benzene rings is 1. The summed E-state index contributed by atoms with van der Waals surface area (Å²) in [6.07, 6.45) is -1.61. The average Bonchev–Trinajstić information content (AvgIpc) is 2.44. The highest BCUT2D eigenvalue weighted by Crippen LogP contribution is 2.17. The monoisotopic (exact) mass is 312 g/mol. The van der Waals surface area contributed by atoms with E-state index >= 15 is 0 Å². The van der Waals surface area contributed by atoms with Crippen molar-refractivity contribution in [2.24, 2.45) is 5.73 Å². The lowest BCUT2D eigenvalue weighted by Gasteiger charge is -2.09. The first-order valence-electron chi connectivity index (χ1n) is 5.80. The molecule has 1 aromatic carbocycles. The summed E-state index contributed by atoms with van der Waals surface area (Å²) in [7, 11) is -3.93. The summed E-state index contributed by atoms with van der Waals surface area (Å²) < 4.78 is 31.0. The molecule has 0 radical (unpaired) electrons. The van der Waals surface area contributed by atoms with Crippen molar-refractivity contribution < 1.29 is 22.7 Å². The van der Waals surface area contributed by atoms with Gasteiger partial charge in [-0.2, -0.15) is 0 Å². The topological polar surface area (TPSA) is 140 Å². The lowest BCUT2D eigenvalue weighted by Crippen LogP contribution is -2.39. The SMILES string of the molecule is NC(=O)C(O)CNS(=O)(=O)c1ccc2oc(=O)ccc2c1. The molecular weight excluding hydrogens is 300 g/mol. The number of amides is 1. The Morgan fingerprint density at radius 1 is 1.33 bits per heavy atom. The third-order valence-corrected chi connectivity index (χ3v) is 4.12. The largest absolute Gasteiger partial charge is 0.423 e. The van der Waals surface area contributed by atoms with E-state index in [1.807, 2.05) is 0 Å². The standard InChI is InChI=1S/C12H12N2O6S/c13-12(17)9(15)6-14-21(18,19)8-2-3-10-7(5-8)1-4-11(16)20-10/h1-5,9,14-15H,6H2,(H2,13,17). The molecule has 0 aliphatic heterocycles.